The molecule has 0 radical (unpaired) electrons. The molecule has 1 aliphatic rings. The molecule has 0 unspecified atom stereocenters. The molecule has 0 spiro atoms. The molecule has 0 saturated heterocycles. The summed E-state index contributed by atoms with van der Waals surface area (Å²) in [6.45, 7) is 4.14. The summed E-state index contributed by atoms with van der Waals surface area (Å²) in [7, 11) is 1.53. The van der Waals surface area contributed by atoms with Crippen molar-refractivity contribution in [3.8, 4) is 28.8 Å². The smallest absolute Gasteiger partial charge is 0.271 e. The van der Waals surface area contributed by atoms with Crippen molar-refractivity contribution in [2.45, 2.75) is 20.3 Å². The van der Waals surface area contributed by atoms with Gasteiger partial charge < -0.3 is 9.47 Å². The molecule has 1 aromatic heterocycles. The van der Waals surface area contributed by atoms with Gasteiger partial charge >= 0.3 is 0 Å². The monoisotopic (exact) mass is 514 g/mol. The number of benzene rings is 2. The van der Waals surface area contributed by atoms with E-state index in [1.807, 2.05) is 36.4 Å². The van der Waals surface area contributed by atoms with E-state index in [2.05, 4.69) is 0 Å². The Kier molecular flexibility index (Phi) is 8.14. The minimum absolute atomic E-state index is 0.0996. The van der Waals surface area contributed by atoms with E-state index in [0.717, 1.165) is 10.6 Å². The highest BCUT2D eigenvalue weighted by molar-refractivity contribution is 6.19. The van der Waals surface area contributed by atoms with E-state index in [0.29, 0.717) is 36.5 Å². The zero-order chi connectivity index (χ0) is 27.2. The van der Waals surface area contributed by atoms with Crippen LogP contribution in [-0.4, -0.2) is 53.4 Å². The van der Waals surface area contributed by atoms with E-state index in [1.165, 1.54) is 19.2 Å². The van der Waals surface area contributed by atoms with Gasteiger partial charge in [0, 0.05) is 43.2 Å². The number of methoxy groups -OCH3 is 1. The van der Waals surface area contributed by atoms with Gasteiger partial charge in [-0.1, -0.05) is 18.2 Å². The van der Waals surface area contributed by atoms with Gasteiger partial charge in [-0.3, -0.25) is 14.5 Å². The molecule has 194 valence electrons. The predicted octanol–water partition coefficient (Wildman–Crippen LogP) is 4.71. The van der Waals surface area contributed by atoms with Gasteiger partial charge in [-0.2, -0.15) is 10.4 Å². The number of hydrogen-bond donors (Lipinski definition) is 0. The van der Waals surface area contributed by atoms with Gasteiger partial charge in [0.25, 0.3) is 11.8 Å². The van der Waals surface area contributed by atoms with Crippen LogP contribution in [0.1, 0.15) is 25.8 Å². The summed E-state index contributed by atoms with van der Waals surface area (Å²) < 4.78 is 26.8. The molecule has 0 fully saturated rings. The van der Waals surface area contributed by atoms with Crippen molar-refractivity contribution >= 4 is 17.9 Å². The van der Waals surface area contributed by atoms with Crippen molar-refractivity contribution in [2.75, 3.05) is 26.9 Å². The Morgan fingerprint density at radius 2 is 1.89 bits per heavy atom. The van der Waals surface area contributed by atoms with Crippen LogP contribution in [-0.2, 0) is 14.3 Å². The first kappa shape index (κ1) is 26.5. The minimum Gasteiger partial charge on any atom is -0.491 e. The summed E-state index contributed by atoms with van der Waals surface area (Å²) in [6, 6.07) is 15.9. The van der Waals surface area contributed by atoms with E-state index in [1.54, 1.807) is 36.9 Å². The fourth-order valence-corrected chi connectivity index (χ4v) is 4.21. The number of carbonyl (C=O) groups is 2. The molecule has 2 heterocycles. The van der Waals surface area contributed by atoms with E-state index >= 15 is 0 Å². The van der Waals surface area contributed by atoms with Gasteiger partial charge in [-0.05, 0) is 62.2 Å². The Morgan fingerprint density at radius 3 is 2.55 bits per heavy atom. The molecule has 0 aliphatic carbocycles. The SMILES string of the molecule is CCOc1ccc(-c2nn(-c3ccccc3)cc2/C=C2/C(=O)N(CCCOC)C(=O)C(C#N)=C2C)cc1F. The zero-order valence-corrected chi connectivity index (χ0v) is 21.4. The number of para-hydroxylation sites is 1. The number of carbonyl (C=O) groups excluding carboxylic acids is 2. The summed E-state index contributed by atoms with van der Waals surface area (Å²) in [6.07, 6.45) is 3.76. The first-order valence-electron chi connectivity index (χ1n) is 12.2. The van der Waals surface area contributed by atoms with Crippen LogP contribution in [0.4, 0.5) is 4.39 Å². The van der Waals surface area contributed by atoms with E-state index in [-0.39, 0.29) is 29.0 Å². The number of aromatic nitrogens is 2. The second-order valence-electron chi connectivity index (χ2n) is 8.57. The number of nitrogens with zero attached hydrogens (tertiary/aromatic N) is 4. The largest absolute Gasteiger partial charge is 0.491 e. The third-order valence-electron chi connectivity index (χ3n) is 6.12. The summed E-state index contributed by atoms with van der Waals surface area (Å²) >= 11 is 0. The Hall–Kier alpha value is -4.55. The molecular weight excluding hydrogens is 487 g/mol. The average Bonchev–Trinajstić information content (AvgIpc) is 3.34. The second kappa shape index (κ2) is 11.7. The molecule has 38 heavy (non-hydrogen) atoms. The fraction of sp³-hybridized carbons (Fsp3) is 0.241. The quantitative estimate of drug-likeness (QED) is 0.233. The summed E-state index contributed by atoms with van der Waals surface area (Å²) in [5.74, 6) is -1.55. The molecular formula is C29H27FN4O4. The maximum absolute atomic E-state index is 14.8. The van der Waals surface area contributed by atoms with Crippen molar-refractivity contribution < 1.29 is 23.5 Å². The van der Waals surface area contributed by atoms with E-state index in [9.17, 15) is 19.2 Å². The van der Waals surface area contributed by atoms with Crippen LogP contribution >= 0.6 is 0 Å². The van der Waals surface area contributed by atoms with Crippen molar-refractivity contribution in [2.24, 2.45) is 0 Å². The summed E-state index contributed by atoms with van der Waals surface area (Å²) in [4.78, 5) is 27.4. The van der Waals surface area contributed by atoms with Crippen molar-refractivity contribution in [3.05, 3.63) is 82.8 Å². The number of amides is 2. The summed E-state index contributed by atoms with van der Waals surface area (Å²) in [5.41, 5.74) is 2.55. The third-order valence-corrected chi connectivity index (χ3v) is 6.12. The predicted molar refractivity (Wildman–Crippen MR) is 140 cm³/mol. The van der Waals surface area contributed by atoms with E-state index < -0.39 is 17.6 Å². The van der Waals surface area contributed by atoms with Crippen LogP contribution in [0.25, 0.3) is 23.0 Å². The van der Waals surface area contributed by atoms with Crippen LogP contribution < -0.4 is 4.74 Å². The lowest BCUT2D eigenvalue weighted by atomic mass is 9.93. The molecule has 0 N–H and O–H groups in total. The Balaban J connectivity index is 1.87. The molecule has 8 nitrogen and oxygen atoms in total. The number of nitriles is 1. The van der Waals surface area contributed by atoms with E-state index in [4.69, 9.17) is 14.6 Å². The molecule has 4 rings (SSSR count). The molecule has 0 saturated carbocycles. The second-order valence-corrected chi connectivity index (χ2v) is 8.57. The van der Waals surface area contributed by atoms with Crippen LogP contribution in [0.5, 0.6) is 5.75 Å². The van der Waals surface area contributed by atoms with Crippen LogP contribution in [0.3, 0.4) is 0 Å². The Bertz CT molecular complexity index is 1470. The highest BCUT2D eigenvalue weighted by Crippen LogP contribution is 2.32. The van der Waals surface area contributed by atoms with Crippen molar-refractivity contribution in [3.63, 3.8) is 0 Å². The lowest BCUT2D eigenvalue weighted by Crippen LogP contribution is -2.43. The Labute approximate surface area is 220 Å². The first-order valence-corrected chi connectivity index (χ1v) is 12.2. The van der Waals surface area contributed by atoms with Crippen molar-refractivity contribution in [1.29, 1.82) is 5.26 Å². The highest BCUT2D eigenvalue weighted by atomic mass is 19.1. The number of hydrogen-bond acceptors (Lipinski definition) is 6. The molecule has 2 aromatic carbocycles. The lowest BCUT2D eigenvalue weighted by molar-refractivity contribution is -0.140. The minimum atomic E-state index is -0.628. The maximum atomic E-state index is 14.8. The van der Waals surface area contributed by atoms with Gasteiger partial charge in [0.15, 0.2) is 11.6 Å². The average molecular weight is 515 g/mol. The molecule has 3 aromatic rings. The van der Waals surface area contributed by atoms with Crippen LogP contribution in [0.2, 0.25) is 0 Å². The normalized spacial score (nSPS) is 14.8. The fourth-order valence-electron chi connectivity index (χ4n) is 4.21. The number of halogens is 1. The van der Waals surface area contributed by atoms with Gasteiger partial charge in [0.2, 0.25) is 0 Å². The van der Waals surface area contributed by atoms with Gasteiger partial charge in [-0.25, -0.2) is 9.07 Å². The van der Waals surface area contributed by atoms with Gasteiger partial charge in [-0.15, -0.1) is 0 Å². The van der Waals surface area contributed by atoms with Crippen LogP contribution in [0, 0.1) is 17.1 Å². The summed E-state index contributed by atoms with van der Waals surface area (Å²) in [5, 5.41) is 14.4. The molecule has 2 amide bonds. The maximum Gasteiger partial charge on any atom is 0.271 e. The molecule has 0 atom stereocenters. The molecule has 0 bridgehead atoms. The number of rotatable bonds is 9. The van der Waals surface area contributed by atoms with Crippen molar-refractivity contribution in [1.82, 2.24) is 14.7 Å². The third kappa shape index (κ3) is 5.26. The standard InChI is InChI=1S/C29H27FN4O4/c1-4-38-26-12-11-20(16-25(26)30)27-21(18-34(32-27)22-9-6-5-7-10-22)15-23-19(2)24(17-31)29(36)33(28(23)35)13-8-14-37-3/h5-7,9-12,15-16,18H,4,8,13-14H2,1-3H3/b23-15+. The number of ether oxygens (including phenoxy) is 2. The first-order chi connectivity index (χ1) is 18.4. The van der Waals surface area contributed by atoms with Crippen LogP contribution in [0.15, 0.2) is 71.4 Å². The molecule has 9 heteroatoms. The lowest BCUT2D eigenvalue weighted by Gasteiger charge is -2.27. The van der Waals surface area contributed by atoms with Gasteiger partial charge in [0.05, 0.1) is 12.3 Å². The topological polar surface area (TPSA) is 97.4 Å². The zero-order valence-electron chi connectivity index (χ0n) is 21.4. The Morgan fingerprint density at radius 1 is 1.13 bits per heavy atom. The highest BCUT2D eigenvalue weighted by Gasteiger charge is 2.35. The number of imide groups is 1. The van der Waals surface area contributed by atoms with Gasteiger partial charge in [0.1, 0.15) is 17.3 Å². The molecule has 1 aliphatic heterocycles.